The fourth-order valence-electron chi connectivity index (χ4n) is 7.81. The van der Waals surface area contributed by atoms with Crippen molar-refractivity contribution in [3.8, 4) is 0 Å². The normalized spacial score (nSPS) is 13.2. The van der Waals surface area contributed by atoms with Crippen LogP contribution < -0.4 is 0 Å². The van der Waals surface area contributed by atoms with E-state index in [4.69, 9.17) is 9.47 Å². The molecule has 0 spiro atoms. The molecule has 0 fully saturated rings. The molecule has 0 saturated carbocycles. The molecule has 0 aromatic heterocycles. The van der Waals surface area contributed by atoms with Crippen LogP contribution in [0.3, 0.4) is 0 Å². The molecule has 0 aromatic rings. The molecule has 1 atom stereocenters. The van der Waals surface area contributed by atoms with Gasteiger partial charge >= 0.3 is 11.9 Å². The van der Waals surface area contributed by atoms with Crippen molar-refractivity contribution in [3.63, 3.8) is 0 Å². The van der Waals surface area contributed by atoms with Crippen molar-refractivity contribution in [1.29, 1.82) is 0 Å². The van der Waals surface area contributed by atoms with E-state index in [2.05, 4.69) is 148 Å². The maximum absolute atomic E-state index is 12.3. The van der Waals surface area contributed by atoms with Gasteiger partial charge in [0.2, 0.25) is 0 Å². The number of allylic oxidation sites excluding steroid dienone is 22. The fraction of sp³-hybridized carbons (Fsp3) is 0.636. The number of hydrogen-bond donors (Lipinski definition) is 1. The van der Waals surface area contributed by atoms with Gasteiger partial charge in [0, 0.05) is 12.8 Å². The summed E-state index contributed by atoms with van der Waals surface area (Å²) < 4.78 is 10.7. The third-order valence-electron chi connectivity index (χ3n) is 12.2. The van der Waals surface area contributed by atoms with Crippen molar-refractivity contribution < 1.29 is 24.2 Å². The summed E-state index contributed by atoms with van der Waals surface area (Å²) in [5, 5.41) is 9.65. The van der Waals surface area contributed by atoms with Gasteiger partial charge in [-0.05, 0) is 116 Å². The minimum atomic E-state index is -0.785. The van der Waals surface area contributed by atoms with Crippen LogP contribution in [0.2, 0.25) is 0 Å². The Kier molecular flexibility index (Phi) is 57.0. The van der Waals surface area contributed by atoms with Gasteiger partial charge in [-0.2, -0.15) is 0 Å². The van der Waals surface area contributed by atoms with Crippen LogP contribution in [-0.4, -0.2) is 36.4 Å². The van der Waals surface area contributed by atoms with Gasteiger partial charge in [-0.25, -0.2) is 0 Å². The van der Waals surface area contributed by atoms with Crippen molar-refractivity contribution in [2.75, 3.05) is 13.2 Å². The summed E-state index contributed by atoms with van der Waals surface area (Å²) in [5.41, 5.74) is 0. The van der Waals surface area contributed by atoms with Crippen molar-refractivity contribution in [3.05, 3.63) is 134 Å². The van der Waals surface area contributed by atoms with Gasteiger partial charge in [0.25, 0.3) is 0 Å². The monoisotopic (exact) mass is 981 g/mol. The van der Waals surface area contributed by atoms with Crippen molar-refractivity contribution >= 4 is 11.9 Å². The minimum absolute atomic E-state index is 0.0769. The van der Waals surface area contributed by atoms with Crippen LogP contribution in [0.15, 0.2) is 134 Å². The Labute approximate surface area is 438 Å². The van der Waals surface area contributed by atoms with E-state index in [-0.39, 0.29) is 25.2 Å². The van der Waals surface area contributed by atoms with Crippen LogP contribution in [0.1, 0.15) is 251 Å². The minimum Gasteiger partial charge on any atom is -0.462 e. The van der Waals surface area contributed by atoms with E-state index in [0.717, 1.165) is 109 Å². The van der Waals surface area contributed by atoms with Crippen LogP contribution in [0.25, 0.3) is 0 Å². The highest BCUT2D eigenvalue weighted by atomic mass is 16.6. The SMILES string of the molecule is CC/C=C\C/C=C\C/C=C\C/C=C\C/C=C\C/C=C\C/C=C\C/C=C\C/C=C\CCCCCCCCCCCCCC(=O)OC(CO)COC(=O)CCCCCCCCC/C=C\C/C=C\CCCCCC. The lowest BCUT2D eigenvalue weighted by molar-refractivity contribution is -0.161. The van der Waals surface area contributed by atoms with E-state index < -0.39 is 6.10 Å². The zero-order valence-corrected chi connectivity index (χ0v) is 45.9. The molecule has 0 aliphatic heterocycles. The average molecular weight is 982 g/mol. The standard InChI is InChI=1S/C66H108O5/c1-3-5-7-9-11-13-15-17-19-21-23-24-25-26-27-28-29-30-31-32-33-34-35-36-37-38-39-40-41-42-43-45-47-49-51-53-55-57-59-61-66(69)71-64(62-67)63-70-65(68)60-58-56-54-52-50-48-46-44-22-20-18-16-14-12-10-8-6-4-2/h5,7,11,13-14,16-17,19-20,22-24,26-27,29-30,32-33,35-36,38-39,64,67H,3-4,6,8-10,12,15,18,21,25,28,31,34,37,40-63H2,1-2H3/b7-5-,13-11-,16-14-,19-17-,22-20-,24-23-,27-26-,30-29-,33-32-,36-35-,39-38-. The van der Waals surface area contributed by atoms with Crippen LogP contribution in [0.5, 0.6) is 0 Å². The lowest BCUT2D eigenvalue weighted by Gasteiger charge is -2.15. The molecule has 0 aromatic carbocycles. The Morgan fingerprint density at radius 1 is 0.338 bits per heavy atom. The molecule has 71 heavy (non-hydrogen) atoms. The van der Waals surface area contributed by atoms with E-state index in [9.17, 15) is 14.7 Å². The average Bonchev–Trinajstić information content (AvgIpc) is 3.37. The molecule has 0 amide bonds. The molecule has 5 nitrogen and oxygen atoms in total. The molecule has 0 aliphatic carbocycles. The van der Waals surface area contributed by atoms with Crippen LogP contribution >= 0.6 is 0 Å². The molecular formula is C66H108O5. The zero-order valence-electron chi connectivity index (χ0n) is 45.9. The van der Waals surface area contributed by atoms with E-state index in [1.165, 1.54) is 116 Å². The quantitative estimate of drug-likeness (QED) is 0.0373. The Balaban J connectivity index is 3.57. The lowest BCUT2D eigenvalue weighted by atomic mass is 10.0. The molecule has 0 aliphatic rings. The van der Waals surface area contributed by atoms with Gasteiger partial charge in [-0.1, -0.05) is 257 Å². The van der Waals surface area contributed by atoms with E-state index in [1.54, 1.807) is 0 Å². The summed E-state index contributed by atoms with van der Waals surface area (Å²) in [6.07, 6.45) is 89.9. The largest absolute Gasteiger partial charge is 0.462 e. The molecule has 0 saturated heterocycles. The summed E-state index contributed by atoms with van der Waals surface area (Å²) in [6, 6.07) is 0. The molecule has 0 radical (unpaired) electrons. The molecule has 0 heterocycles. The highest BCUT2D eigenvalue weighted by molar-refractivity contribution is 5.70. The fourth-order valence-corrected chi connectivity index (χ4v) is 7.81. The Hall–Kier alpha value is -3.96. The Morgan fingerprint density at radius 2 is 0.606 bits per heavy atom. The Morgan fingerprint density at radius 3 is 0.915 bits per heavy atom. The summed E-state index contributed by atoms with van der Waals surface area (Å²) in [6.45, 7) is 4.00. The Bertz CT molecular complexity index is 1480. The maximum Gasteiger partial charge on any atom is 0.306 e. The van der Waals surface area contributed by atoms with Crippen LogP contribution in [-0.2, 0) is 19.1 Å². The van der Waals surface area contributed by atoms with Crippen molar-refractivity contribution in [2.45, 2.75) is 258 Å². The first kappa shape index (κ1) is 67.0. The zero-order chi connectivity index (χ0) is 51.3. The highest BCUT2D eigenvalue weighted by Crippen LogP contribution is 2.15. The van der Waals surface area contributed by atoms with Crippen LogP contribution in [0.4, 0.5) is 0 Å². The van der Waals surface area contributed by atoms with E-state index in [1.807, 2.05) is 0 Å². The number of aliphatic hydroxyl groups is 1. The summed E-state index contributed by atoms with van der Waals surface area (Å²) in [4.78, 5) is 24.5. The topological polar surface area (TPSA) is 72.8 Å². The molecular weight excluding hydrogens is 873 g/mol. The van der Waals surface area contributed by atoms with Gasteiger partial charge in [0.1, 0.15) is 6.61 Å². The number of aliphatic hydroxyl groups excluding tert-OH is 1. The number of hydrogen-bond acceptors (Lipinski definition) is 5. The third kappa shape index (κ3) is 58.5. The number of rotatable bonds is 52. The smallest absolute Gasteiger partial charge is 0.306 e. The second-order valence-electron chi connectivity index (χ2n) is 19.0. The molecule has 402 valence electrons. The van der Waals surface area contributed by atoms with Gasteiger partial charge in [0.15, 0.2) is 6.10 Å². The van der Waals surface area contributed by atoms with Crippen molar-refractivity contribution in [1.82, 2.24) is 0 Å². The number of carbonyl (C=O) groups is 2. The first-order chi connectivity index (χ1) is 35.1. The second-order valence-corrected chi connectivity index (χ2v) is 19.0. The predicted molar refractivity (Wildman–Crippen MR) is 311 cm³/mol. The predicted octanol–water partition coefficient (Wildman–Crippen LogP) is 20.0. The number of unbranched alkanes of at least 4 members (excludes halogenated alkanes) is 22. The summed E-state index contributed by atoms with van der Waals surface area (Å²) in [5.74, 6) is -0.606. The van der Waals surface area contributed by atoms with Gasteiger partial charge in [-0.3, -0.25) is 9.59 Å². The van der Waals surface area contributed by atoms with Crippen molar-refractivity contribution in [2.24, 2.45) is 0 Å². The first-order valence-corrected chi connectivity index (χ1v) is 29.2. The number of carbonyl (C=O) groups excluding carboxylic acids is 2. The summed E-state index contributed by atoms with van der Waals surface area (Å²) in [7, 11) is 0. The molecule has 0 rings (SSSR count). The first-order valence-electron chi connectivity index (χ1n) is 29.2. The number of esters is 2. The summed E-state index contributed by atoms with van der Waals surface area (Å²) >= 11 is 0. The van der Waals surface area contributed by atoms with Gasteiger partial charge in [-0.15, -0.1) is 0 Å². The molecule has 5 heteroatoms. The van der Waals surface area contributed by atoms with E-state index in [0.29, 0.717) is 12.8 Å². The lowest BCUT2D eigenvalue weighted by Crippen LogP contribution is -2.28. The second kappa shape index (κ2) is 60.3. The van der Waals surface area contributed by atoms with Crippen LogP contribution in [0, 0.1) is 0 Å². The van der Waals surface area contributed by atoms with Gasteiger partial charge < -0.3 is 14.6 Å². The number of ether oxygens (including phenoxy) is 2. The molecule has 1 unspecified atom stereocenters. The highest BCUT2D eigenvalue weighted by Gasteiger charge is 2.16. The third-order valence-corrected chi connectivity index (χ3v) is 12.2. The van der Waals surface area contributed by atoms with Gasteiger partial charge in [0.05, 0.1) is 6.61 Å². The molecule has 1 N–H and O–H groups in total. The molecule has 0 bridgehead atoms. The maximum atomic E-state index is 12.3. The van der Waals surface area contributed by atoms with E-state index >= 15 is 0 Å².